The van der Waals surface area contributed by atoms with E-state index in [9.17, 15) is 14.4 Å². The Hall–Kier alpha value is -5.03. The molecule has 6 N–H and O–H groups in total. The molecule has 0 aliphatic heterocycles. The molecule has 10 heteroatoms. The predicted molar refractivity (Wildman–Crippen MR) is 187 cm³/mol. The van der Waals surface area contributed by atoms with E-state index in [1.165, 1.54) is 0 Å². The van der Waals surface area contributed by atoms with Gasteiger partial charge in [0.25, 0.3) is 5.91 Å². The standard InChI is InChI=1S/C21H26N2O4.C16H18N2O2/c1-5-13-26-14-18(23-20(25)27-21(2,3)4)19(24)22-17-12-8-10-15-9-6-7-11-16(15)17;1-2-10-20-11-14(17)16(19)18-15-9-5-7-12-6-3-4-8-13(12)15/h5-12,18H,1,13-14H2,2-4H3,(H,22,24)(H,23,25);2-9,14H,1,10-11,17H2,(H,18,19)/p+1/t18-;14-/m00/s1. The Bertz CT molecular complexity index is 1660. The number of hydrogen-bond acceptors (Lipinski definition) is 6. The van der Waals surface area contributed by atoms with E-state index in [4.69, 9.17) is 14.2 Å². The minimum Gasteiger partial charge on any atom is -0.444 e. The maximum Gasteiger partial charge on any atom is 0.408 e. The van der Waals surface area contributed by atoms with Crippen LogP contribution in [0.5, 0.6) is 0 Å². The van der Waals surface area contributed by atoms with E-state index >= 15 is 0 Å². The fourth-order valence-electron chi connectivity index (χ4n) is 4.39. The molecule has 0 aliphatic rings. The van der Waals surface area contributed by atoms with Gasteiger partial charge < -0.3 is 35.9 Å². The summed E-state index contributed by atoms with van der Waals surface area (Å²) >= 11 is 0. The molecule has 4 aromatic rings. The Balaban J connectivity index is 0.000000267. The van der Waals surface area contributed by atoms with Crippen molar-refractivity contribution >= 4 is 50.8 Å². The summed E-state index contributed by atoms with van der Waals surface area (Å²) in [6, 6.07) is 25.8. The van der Waals surface area contributed by atoms with Crippen molar-refractivity contribution in [3.63, 3.8) is 0 Å². The van der Waals surface area contributed by atoms with Crippen LogP contribution in [0.25, 0.3) is 21.5 Å². The summed E-state index contributed by atoms with van der Waals surface area (Å²) < 4.78 is 15.9. The minimum absolute atomic E-state index is 0.00185. The lowest BCUT2D eigenvalue weighted by Gasteiger charge is -2.23. The molecule has 0 radical (unpaired) electrons. The lowest BCUT2D eigenvalue weighted by Crippen LogP contribution is -2.68. The smallest absolute Gasteiger partial charge is 0.408 e. The Kier molecular flexibility index (Phi) is 14.1. The van der Waals surface area contributed by atoms with Crippen LogP contribution in [0.4, 0.5) is 16.2 Å². The van der Waals surface area contributed by atoms with Gasteiger partial charge in [0.2, 0.25) is 5.91 Å². The van der Waals surface area contributed by atoms with E-state index in [2.05, 4.69) is 34.8 Å². The fraction of sp³-hybridized carbons (Fsp3) is 0.270. The maximum absolute atomic E-state index is 12.8. The fourth-order valence-corrected chi connectivity index (χ4v) is 4.39. The first kappa shape index (κ1) is 36.4. The Morgan fingerprint density at radius 2 is 1.19 bits per heavy atom. The van der Waals surface area contributed by atoms with Crippen LogP contribution < -0.4 is 21.7 Å². The van der Waals surface area contributed by atoms with Gasteiger partial charge in [-0.25, -0.2) is 4.79 Å². The molecule has 0 saturated carbocycles. The quantitative estimate of drug-likeness (QED) is 0.113. The van der Waals surface area contributed by atoms with Gasteiger partial charge in [-0.1, -0.05) is 84.9 Å². The summed E-state index contributed by atoms with van der Waals surface area (Å²) in [6.45, 7) is 13.4. The van der Waals surface area contributed by atoms with Gasteiger partial charge in [0.1, 0.15) is 18.2 Å². The van der Waals surface area contributed by atoms with Gasteiger partial charge >= 0.3 is 6.09 Å². The molecule has 0 bridgehead atoms. The normalized spacial score (nSPS) is 12.2. The molecule has 0 saturated heterocycles. The van der Waals surface area contributed by atoms with Gasteiger partial charge in [-0.15, -0.1) is 13.2 Å². The Morgan fingerprint density at radius 1 is 0.723 bits per heavy atom. The predicted octanol–water partition coefficient (Wildman–Crippen LogP) is 5.47. The Morgan fingerprint density at radius 3 is 1.70 bits per heavy atom. The summed E-state index contributed by atoms with van der Waals surface area (Å²) in [7, 11) is 0. The highest BCUT2D eigenvalue weighted by Gasteiger charge is 2.25. The summed E-state index contributed by atoms with van der Waals surface area (Å²) in [4.78, 5) is 36.9. The monoisotopic (exact) mass is 641 g/mol. The van der Waals surface area contributed by atoms with Gasteiger partial charge in [-0.05, 0) is 43.7 Å². The first-order valence-electron chi connectivity index (χ1n) is 15.3. The molecule has 0 unspecified atom stereocenters. The van der Waals surface area contributed by atoms with E-state index in [1.807, 2.05) is 84.9 Å². The molecule has 4 aromatic carbocycles. The van der Waals surface area contributed by atoms with Gasteiger partial charge in [0.15, 0.2) is 6.04 Å². The van der Waals surface area contributed by atoms with Crippen LogP contribution in [-0.4, -0.2) is 62.0 Å². The zero-order valence-electron chi connectivity index (χ0n) is 27.3. The minimum atomic E-state index is -0.904. The zero-order valence-corrected chi connectivity index (χ0v) is 27.3. The lowest BCUT2D eigenvalue weighted by molar-refractivity contribution is -0.409. The molecule has 0 aromatic heterocycles. The molecule has 3 amide bonds. The molecule has 0 aliphatic carbocycles. The van der Waals surface area contributed by atoms with E-state index in [-0.39, 0.29) is 31.6 Å². The highest BCUT2D eigenvalue weighted by atomic mass is 16.6. The van der Waals surface area contributed by atoms with Crippen molar-refractivity contribution in [1.29, 1.82) is 0 Å². The molecule has 0 spiro atoms. The van der Waals surface area contributed by atoms with Gasteiger partial charge in [-0.3, -0.25) is 9.59 Å². The molecule has 2 atom stereocenters. The number of fused-ring (bicyclic) bond motifs is 2. The van der Waals surface area contributed by atoms with Crippen LogP contribution in [0.15, 0.2) is 110 Å². The molecule has 248 valence electrons. The molecule has 0 fully saturated rings. The number of anilines is 2. The molecule has 4 rings (SSSR count). The maximum atomic E-state index is 12.8. The molecular weight excluding hydrogens is 596 g/mol. The van der Waals surface area contributed by atoms with Gasteiger partial charge in [0, 0.05) is 22.1 Å². The van der Waals surface area contributed by atoms with Crippen LogP contribution in [0.2, 0.25) is 0 Å². The number of quaternary nitrogens is 1. The third-order valence-corrected chi connectivity index (χ3v) is 6.55. The van der Waals surface area contributed by atoms with Gasteiger partial charge in [0.05, 0.1) is 19.8 Å². The second-order valence-electron chi connectivity index (χ2n) is 11.6. The number of hydrogen-bond donors (Lipinski definition) is 4. The second kappa shape index (κ2) is 18.2. The molecule has 0 heterocycles. The number of nitrogens with one attached hydrogen (secondary N) is 3. The first-order chi connectivity index (χ1) is 22.5. The van der Waals surface area contributed by atoms with E-state index in [0.717, 1.165) is 27.2 Å². The molecule has 10 nitrogen and oxygen atoms in total. The topological polar surface area (TPSA) is 143 Å². The van der Waals surface area contributed by atoms with E-state index in [0.29, 0.717) is 12.3 Å². The van der Waals surface area contributed by atoms with Crippen LogP contribution in [0.1, 0.15) is 20.8 Å². The lowest BCUT2D eigenvalue weighted by atomic mass is 10.1. The number of rotatable bonds is 13. The van der Waals surface area contributed by atoms with Crippen molar-refractivity contribution in [2.24, 2.45) is 0 Å². The SMILES string of the molecule is C=CCOC[C@H](NC(=O)OC(C)(C)C)C(=O)Nc1cccc2ccccc12.C=CCOC[C@H]([NH3+])C(=O)Nc1cccc2ccccc12. The first-order valence-corrected chi connectivity index (χ1v) is 15.3. The van der Waals surface area contributed by atoms with Crippen LogP contribution in [0, 0.1) is 0 Å². The van der Waals surface area contributed by atoms with Crippen molar-refractivity contribution in [3.05, 3.63) is 110 Å². The average Bonchev–Trinajstić information content (AvgIpc) is 3.04. The Labute approximate surface area is 275 Å². The molecular formula is C37H45N4O6+. The van der Waals surface area contributed by atoms with E-state index in [1.54, 1.807) is 32.9 Å². The highest BCUT2D eigenvalue weighted by Crippen LogP contribution is 2.24. The van der Waals surface area contributed by atoms with Crippen molar-refractivity contribution in [1.82, 2.24) is 5.32 Å². The summed E-state index contributed by atoms with van der Waals surface area (Å²) in [5.41, 5.74) is 4.61. The summed E-state index contributed by atoms with van der Waals surface area (Å²) in [6.07, 6.45) is 2.55. The molecule has 47 heavy (non-hydrogen) atoms. The van der Waals surface area contributed by atoms with Crippen molar-refractivity contribution in [3.8, 4) is 0 Å². The number of alkyl carbamates (subject to hydrolysis) is 1. The van der Waals surface area contributed by atoms with Crippen molar-refractivity contribution < 1.29 is 34.3 Å². The number of benzene rings is 4. The van der Waals surface area contributed by atoms with Crippen LogP contribution in [0.3, 0.4) is 0 Å². The van der Waals surface area contributed by atoms with Crippen molar-refractivity contribution in [2.45, 2.75) is 38.5 Å². The third kappa shape index (κ3) is 12.0. The van der Waals surface area contributed by atoms with Crippen molar-refractivity contribution in [2.75, 3.05) is 37.1 Å². The number of carbonyl (C=O) groups is 3. The average molecular weight is 642 g/mol. The summed E-state index contributed by atoms with van der Waals surface area (Å²) in [5, 5.41) is 12.4. The number of ether oxygens (including phenoxy) is 3. The highest BCUT2D eigenvalue weighted by molar-refractivity contribution is 6.05. The van der Waals surface area contributed by atoms with Crippen LogP contribution in [-0.2, 0) is 23.8 Å². The third-order valence-electron chi connectivity index (χ3n) is 6.55. The second-order valence-corrected chi connectivity index (χ2v) is 11.6. The number of carbonyl (C=O) groups excluding carboxylic acids is 3. The zero-order chi connectivity index (χ0) is 34.2. The van der Waals surface area contributed by atoms with E-state index < -0.39 is 23.8 Å². The number of amides is 3. The van der Waals surface area contributed by atoms with Crippen LogP contribution >= 0.6 is 0 Å². The van der Waals surface area contributed by atoms with Gasteiger partial charge in [-0.2, -0.15) is 0 Å². The summed E-state index contributed by atoms with van der Waals surface area (Å²) in [5.74, 6) is -0.535. The largest absolute Gasteiger partial charge is 0.444 e.